The number of aromatic nitrogens is 1. The topological polar surface area (TPSA) is 79.5 Å². The lowest BCUT2D eigenvalue weighted by molar-refractivity contribution is -0.130. The Balaban J connectivity index is 2.07. The first-order chi connectivity index (χ1) is 9.95. The molecule has 2 rings (SSSR count). The second kappa shape index (κ2) is 6.67. The SMILES string of the molecule is CC(=O)N1CCN(Cc2ccc(C)nc2)C[C@H](C(N)=O)C1. The Morgan fingerprint density at radius 1 is 1.33 bits per heavy atom. The molecule has 21 heavy (non-hydrogen) atoms. The van der Waals surface area contributed by atoms with E-state index in [9.17, 15) is 9.59 Å². The number of nitrogens with zero attached hydrogens (tertiary/aromatic N) is 3. The molecule has 2 heterocycles. The van der Waals surface area contributed by atoms with E-state index in [4.69, 9.17) is 5.73 Å². The van der Waals surface area contributed by atoms with E-state index in [2.05, 4.69) is 9.88 Å². The van der Waals surface area contributed by atoms with Crippen molar-refractivity contribution in [2.24, 2.45) is 11.7 Å². The van der Waals surface area contributed by atoms with Crippen molar-refractivity contribution in [2.45, 2.75) is 20.4 Å². The second-order valence-corrected chi connectivity index (χ2v) is 5.61. The maximum atomic E-state index is 11.6. The monoisotopic (exact) mass is 290 g/mol. The minimum Gasteiger partial charge on any atom is -0.369 e. The Bertz CT molecular complexity index is 515. The molecule has 6 heteroatoms. The number of amides is 2. The molecule has 2 amide bonds. The van der Waals surface area contributed by atoms with E-state index < -0.39 is 0 Å². The molecule has 0 radical (unpaired) electrons. The molecule has 0 unspecified atom stereocenters. The number of carbonyl (C=O) groups excluding carboxylic acids is 2. The standard InChI is InChI=1S/C15H22N4O2/c1-11-3-4-13(7-17-11)8-18-5-6-19(12(2)20)10-14(9-18)15(16)21/h3-4,7,14H,5-6,8-10H2,1-2H3,(H2,16,21)/t14-/m0/s1. The number of rotatable bonds is 3. The third kappa shape index (κ3) is 4.26. The lowest BCUT2D eigenvalue weighted by atomic mass is 10.1. The third-order valence-electron chi connectivity index (χ3n) is 3.83. The predicted octanol–water partition coefficient (Wildman–Crippen LogP) is 0.156. The van der Waals surface area contributed by atoms with Crippen molar-refractivity contribution in [1.29, 1.82) is 0 Å². The fraction of sp³-hybridized carbons (Fsp3) is 0.533. The quantitative estimate of drug-likeness (QED) is 0.860. The highest BCUT2D eigenvalue weighted by Gasteiger charge is 2.27. The van der Waals surface area contributed by atoms with Crippen LogP contribution in [0.15, 0.2) is 18.3 Å². The van der Waals surface area contributed by atoms with Crippen LogP contribution >= 0.6 is 0 Å². The van der Waals surface area contributed by atoms with Gasteiger partial charge in [-0.2, -0.15) is 0 Å². The lowest BCUT2D eigenvalue weighted by Crippen LogP contribution is -2.39. The summed E-state index contributed by atoms with van der Waals surface area (Å²) in [5, 5.41) is 0. The smallest absolute Gasteiger partial charge is 0.223 e. The average Bonchev–Trinajstić information content (AvgIpc) is 2.64. The van der Waals surface area contributed by atoms with Gasteiger partial charge in [-0.05, 0) is 18.6 Å². The Morgan fingerprint density at radius 3 is 2.67 bits per heavy atom. The van der Waals surface area contributed by atoms with Crippen molar-refractivity contribution in [3.8, 4) is 0 Å². The number of hydrogen-bond acceptors (Lipinski definition) is 4. The van der Waals surface area contributed by atoms with Crippen LogP contribution in [0.2, 0.25) is 0 Å². The summed E-state index contributed by atoms with van der Waals surface area (Å²) in [6.07, 6.45) is 1.85. The van der Waals surface area contributed by atoms with Gasteiger partial charge in [-0.1, -0.05) is 6.07 Å². The normalized spacial score (nSPS) is 20.1. The van der Waals surface area contributed by atoms with Crippen molar-refractivity contribution in [1.82, 2.24) is 14.8 Å². The van der Waals surface area contributed by atoms with Gasteiger partial charge in [0.15, 0.2) is 0 Å². The molecule has 1 fully saturated rings. The van der Waals surface area contributed by atoms with Crippen molar-refractivity contribution in [2.75, 3.05) is 26.2 Å². The molecule has 0 aliphatic carbocycles. The first kappa shape index (κ1) is 15.4. The molecule has 6 nitrogen and oxygen atoms in total. The summed E-state index contributed by atoms with van der Waals surface area (Å²) >= 11 is 0. The van der Waals surface area contributed by atoms with Gasteiger partial charge in [0.05, 0.1) is 5.92 Å². The summed E-state index contributed by atoms with van der Waals surface area (Å²) in [6, 6.07) is 4.01. The number of nitrogens with two attached hydrogens (primary N) is 1. The summed E-state index contributed by atoms with van der Waals surface area (Å²) in [6.45, 7) is 6.53. The number of carbonyl (C=O) groups is 2. The van der Waals surface area contributed by atoms with Crippen LogP contribution in [0.5, 0.6) is 0 Å². The number of primary amides is 1. The Hall–Kier alpha value is -1.95. The second-order valence-electron chi connectivity index (χ2n) is 5.61. The van der Waals surface area contributed by atoms with Gasteiger partial charge >= 0.3 is 0 Å². The van der Waals surface area contributed by atoms with Crippen LogP contribution < -0.4 is 5.73 Å². The molecule has 1 aliphatic rings. The van der Waals surface area contributed by atoms with E-state index in [1.54, 1.807) is 4.90 Å². The first-order valence-electron chi connectivity index (χ1n) is 7.14. The maximum Gasteiger partial charge on any atom is 0.223 e. The van der Waals surface area contributed by atoms with Gasteiger partial charge in [0.2, 0.25) is 11.8 Å². The minimum absolute atomic E-state index is 0.0138. The summed E-state index contributed by atoms with van der Waals surface area (Å²) in [5.74, 6) is -0.690. The van der Waals surface area contributed by atoms with E-state index in [1.165, 1.54) is 6.92 Å². The van der Waals surface area contributed by atoms with Gasteiger partial charge in [0, 0.05) is 51.5 Å². The zero-order valence-electron chi connectivity index (χ0n) is 12.6. The zero-order valence-corrected chi connectivity index (χ0v) is 12.6. The molecule has 114 valence electrons. The fourth-order valence-electron chi connectivity index (χ4n) is 2.54. The van der Waals surface area contributed by atoms with E-state index >= 15 is 0 Å². The number of pyridine rings is 1. The lowest BCUT2D eigenvalue weighted by Gasteiger charge is -2.21. The number of hydrogen-bond donors (Lipinski definition) is 1. The molecule has 1 aromatic heterocycles. The third-order valence-corrected chi connectivity index (χ3v) is 3.83. The average molecular weight is 290 g/mol. The molecule has 1 saturated heterocycles. The fourth-order valence-corrected chi connectivity index (χ4v) is 2.54. The van der Waals surface area contributed by atoms with Crippen LogP contribution in [-0.4, -0.2) is 52.8 Å². The van der Waals surface area contributed by atoms with Gasteiger partial charge in [0.1, 0.15) is 0 Å². The van der Waals surface area contributed by atoms with Gasteiger partial charge in [-0.3, -0.25) is 19.5 Å². The molecule has 0 saturated carbocycles. The molecule has 2 N–H and O–H groups in total. The molecular formula is C15H22N4O2. The Morgan fingerprint density at radius 2 is 2.10 bits per heavy atom. The Labute approximate surface area is 124 Å². The molecule has 1 atom stereocenters. The van der Waals surface area contributed by atoms with Crippen LogP contribution in [0.4, 0.5) is 0 Å². The van der Waals surface area contributed by atoms with Gasteiger partial charge in [0.25, 0.3) is 0 Å². The van der Waals surface area contributed by atoms with Crippen molar-refractivity contribution in [3.63, 3.8) is 0 Å². The molecular weight excluding hydrogens is 268 g/mol. The maximum absolute atomic E-state index is 11.6. The van der Waals surface area contributed by atoms with Crippen LogP contribution in [0.1, 0.15) is 18.2 Å². The highest BCUT2D eigenvalue weighted by molar-refractivity contribution is 5.79. The van der Waals surface area contributed by atoms with Gasteiger partial charge in [-0.25, -0.2) is 0 Å². The van der Waals surface area contributed by atoms with E-state index in [0.29, 0.717) is 26.2 Å². The van der Waals surface area contributed by atoms with Crippen molar-refractivity contribution >= 4 is 11.8 Å². The molecule has 0 spiro atoms. The number of aryl methyl sites for hydroxylation is 1. The molecule has 1 aromatic rings. The highest BCUT2D eigenvalue weighted by atomic mass is 16.2. The highest BCUT2D eigenvalue weighted by Crippen LogP contribution is 2.13. The van der Waals surface area contributed by atoms with Crippen LogP contribution in [0, 0.1) is 12.8 Å². The summed E-state index contributed by atoms with van der Waals surface area (Å²) in [4.78, 5) is 31.3. The van der Waals surface area contributed by atoms with Crippen LogP contribution in [0.3, 0.4) is 0 Å². The van der Waals surface area contributed by atoms with E-state index in [-0.39, 0.29) is 17.7 Å². The van der Waals surface area contributed by atoms with Gasteiger partial charge in [-0.15, -0.1) is 0 Å². The van der Waals surface area contributed by atoms with Crippen molar-refractivity contribution in [3.05, 3.63) is 29.6 Å². The summed E-state index contributed by atoms with van der Waals surface area (Å²) < 4.78 is 0. The summed E-state index contributed by atoms with van der Waals surface area (Å²) in [7, 11) is 0. The zero-order chi connectivity index (χ0) is 15.4. The van der Waals surface area contributed by atoms with Gasteiger partial charge < -0.3 is 10.6 Å². The summed E-state index contributed by atoms with van der Waals surface area (Å²) in [5.41, 5.74) is 7.53. The van der Waals surface area contributed by atoms with Crippen LogP contribution in [0.25, 0.3) is 0 Å². The largest absolute Gasteiger partial charge is 0.369 e. The van der Waals surface area contributed by atoms with E-state index in [1.807, 2.05) is 25.3 Å². The van der Waals surface area contributed by atoms with Crippen molar-refractivity contribution < 1.29 is 9.59 Å². The first-order valence-corrected chi connectivity index (χ1v) is 7.14. The molecule has 0 bridgehead atoms. The molecule has 1 aliphatic heterocycles. The van der Waals surface area contributed by atoms with Crippen LogP contribution in [-0.2, 0) is 16.1 Å². The van der Waals surface area contributed by atoms with E-state index in [0.717, 1.165) is 17.8 Å². The molecule has 0 aromatic carbocycles. The Kier molecular flexibility index (Phi) is 4.90. The minimum atomic E-state index is -0.352. The predicted molar refractivity (Wildman–Crippen MR) is 79.2 cm³/mol.